The molecule has 1 aromatic heterocycles. The second kappa shape index (κ2) is 11.3. The molecule has 2 N–H and O–H groups in total. The number of likely N-dealkylation sites (N-methyl/N-ethyl adjacent to an activating group) is 1. The standard InChI is InChI=1S/C26H38N8O3/c1-7-8-20-25(36)33(5)21-16-27-26(30-23(21)34(20)31(2)3)29-19-10-9-17(15-22(19)37-6)24(35)28-18-11-13-32(4)14-12-18/h9-10,15-16,18,20H,7-8,11-14H2,1-6H3,(H,28,35)(H,27,29,30). The van der Waals surface area contributed by atoms with Crippen LogP contribution in [0, 0.1) is 0 Å². The van der Waals surface area contributed by atoms with Crippen molar-refractivity contribution in [3.8, 4) is 5.75 Å². The molecule has 1 unspecified atom stereocenters. The summed E-state index contributed by atoms with van der Waals surface area (Å²) in [5.74, 6) is 1.43. The number of hydrazine groups is 1. The summed E-state index contributed by atoms with van der Waals surface area (Å²) >= 11 is 0. The van der Waals surface area contributed by atoms with Crippen molar-refractivity contribution >= 4 is 35.0 Å². The lowest BCUT2D eigenvalue weighted by Gasteiger charge is -2.43. The molecule has 37 heavy (non-hydrogen) atoms. The Morgan fingerprint density at radius 1 is 1.22 bits per heavy atom. The number of carbonyl (C=O) groups is 2. The van der Waals surface area contributed by atoms with Gasteiger partial charge in [0.15, 0.2) is 5.82 Å². The van der Waals surface area contributed by atoms with Gasteiger partial charge in [0, 0.05) is 32.7 Å². The Labute approximate surface area is 218 Å². The summed E-state index contributed by atoms with van der Waals surface area (Å²) in [6.45, 7) is 4.02. The van der Waals surface area contributed by atoms with E-state index in [2.05, 4.69) is 34.5 Å². The van der Waals surface area contributed by atoms with Gasteiger partial charge in [-0.3, -0.25) is 14.6 Å². The number of fused-ring (bicyclic) bond motifs is 1. The SMILES string of the molecule is CCCC1C(=O)N(C)c2cnc(Nc3ccc(C(=O)NC4CCN(C)CC4)cc3OC)nc2N1N(C)C. The molecular formula is C26H38N8O3. The maximum absolute atomic E-state index is 13.0. The molecule has 11 nitrogen and oxygen atoms in total. The highest BCUT2D eigenvalue weighted by molar-refractivity contribution is 6.04. The third-order valence-corrected chi connectivity index (χ3v) is 7.00. The van der Waals surface area contributed by atoms with Gasteiger partial charge in [0.2, 0.25) is 5.95 Å². The van der Waals surface area contributed by atoms with Crippen molar-refractivity contribution in [2.75, 3.05) is 63.6 Å². The number of aromatic nitrogens is 2. The topological polar surface area (TPSA) is 106 Å². The average Bonchev–Trinajstić information content (AvgIpc) is 2.88. The van der Waals surface area contributed by atoms with Crippen molar-refractivity contribution in [3.05, 3.63) is 30.0 Å². The molecule has 1 aromatic carbocycles. The third-order valence-electron chi connectivity index (χ3n) is 7.00. The lowest BCUT2D eigenvalue weighted by molar-refractivity contribution is -0.120. The lowest BCUT2D eigenvalue weighted by Crippen LogP contribution is -2.57. The average molecular weight is 511 g/mol. The number of rotatable bonds is 8. The van der Waals surface area contributed by atoms with Gasteiger partial charge in [-0.1, -0.05) is 13.3 Å². The molecule has 4 rings (SSSR count). The molecular weight excluding hydrogens is 472 g/mol. The maximum atomic E-state index is 13.0. The minimum Gasteiger partial charge on any atom is -0.495 e. The number of methoxy groups -OCH3 is 1. The Balaban J connectivity index is 1.56. The van der Waals surface area contributed by atoms with Gasteiger partial charge in [0.1, 0.15) is 17.5 Å². The van der Waals surface area contributed by atoms with E-state index >= 15 is 0 Å². The van der Waals surface area contributed by atoms with Crippen LogP contribution in [0.15, 0.2) is 24.4 Å². The quantitative estimate of drug-likeness (QED) is 0.554. The highest BCUT2D eigenvalue weighted by atomic mass is 16.5. The molecule has 1 saturated heterocycles. The van der Waals surface area contributed by atoms with E-state index in [1.807, 2.05) is 24.1 Å². The fraction of sp³-hybridized carbons (Fsp3) is 0.538. The predicted octanol–water partition coefficient (Wildman–Crippen LogP) is 2.48. The molecule has 11 heteroatoms. The molecule has 2 aliphatic rings. The summed E-state index contributed by atoms with van der Waals surface area (Å²) in [5, 5.41) is 10.2. The summed E-state index contributed by atoms with van der Waals surface area (Å²) in [6, 6.07) is 5.13. The number of anilines is 4. The van der Waals surface area contributed by atoms with Gasteiger partial charge in [0.05, 0.1) is 19.0 Å². The van der Waals surface area contributed by atoms with Crippen LogP contribution in [0.2, 0.25) is 0 Å². The third kappa shape index (κ3) is 5.62. The molecule has 0 spiro atoms. The second-order valence-electron chi connectivity index (χ2n) is 9.89. The zero-order chi connectivity index (χ0) is 26.7. The zero-order valence-electron chi connectivity index (χ0n) is 22.6. The number of carbonyl (C=O) groups excluding carboxylic acids is 2. The van der Waals surface area contributed by atoms with Gasteiger partial charge < -0.3 is 25.2 Å². The Morgan fingerprint density at radius 3 is 2.59 bits per heavy atom. The zero-order valence-corrected chi connectivity index (χ0v) is 22.6. The Hall–Kier alpha value is -3.44. The van der Waals surface area contributed by atoms with E-state index in [1.165, 1.54) is 0 Å². The minimum atomic E-state index is -0.336. The Morgan fingerprint density at radius 2 is 1.95 bits per heavy atom. The number of likely N-dealkylation sites (tertiary alicyclic amines) is 1. The van der Waals surface area contributed by atoms with E-state index in [9.17, 15) is 9.59 Å². The van der Waals surface area contributed by atoms with Crippen LogP contribution in [0.4, 0.5) is 23.1 Å². The van der Waals surface area contributed by atoms with E-state index in [-0.39, 0.29) is 23.9 Å². The van der Waals surface area contributed by atoms with Crippen LogP contribution in [0.3, 0.4) is 0 Å². The molecule has 1 fully saturated rings. The predicted molar refractivity (Wildman–Crippen MR) is 145 cm³/mol. The van der Waals surface area contributed by atoms with Gasteiger partial charge in [-0.05, 0) is 57.6 Å². The number of amides is 2. The minimum absolute atomic E-state index is 0.0168. The van der Waals surface area contributed by atoms with Crippen LogP contribution in [0.25, 0.3) is 0 Å². The van der Waals surface area contributed by atoms with Crippen LogP contribution in [0.1, 0.15) is 43.0 Å². The first kappa shape index (κ1) is 26.6. The monoisotopic (exact) mass is 510 g/mol. The number of ether oxygens (including phenoxy) is 1. The summed E-state index contributed by atoms with van der Waals surface area (Å²) in [7, 11) is 9.22. The maximum Gasteiger partial charge on any atom is 0.251 e. The molecule has 3 heterocycles. The van der Waals surface area contributed by atoms with Crippen molar-refractivity contribution in [2.45, 2.75) is 44.7 Å². The Bertz CT molecular complexity index is 1130. The van der Waals surface area contributed by atoms with Crippen molar-refractivity contribution in [1.82, 2.24) is 25.2 Å². The molecule has 2 amide bonds. The van der Waals surface area contributed by atoms with E-state index in [1.54, 1.807) is 43.5 Å². The first-order valence-corrected chi connectivity index (χ1v) is 12.8. The molecule has 2 aromatic rings. The number of hydrogen-bond acceptors (Lipinski definition) is 9. The summed E-state index contributed by atoms with van der Waals surface area (Å²) in [5.41, 5.74) is 1.82. The molecule has 0 bridgehead atoms. The fourth-order valence-electron chi connectivity index (χ4n) is 4.89. The van der Waals surface area contributed by atoms with Crippen LogP contribution in [0.5, 0.6) is 5.75 Å². The van der Waals surface area contributed by atoms with E-state index in [4.69, 9.17) is 9.72 Å². The first-order valence-electron chi connectivity index (χ1n) is 12.8. The first-order chi connectivity index (χ1) is 17.7. The van der Waals surface area contributed by atoms with Crippen molar-refractivity contribution in [3.63, 3.8) is 0 Å². The summed E-state index contributed by atoms with van der Waals surface area (Å²) < 4.78 is 5.59. The molecule has 0 aliphatic carbocycles. The van der Waals surface area contributed by atoms with Gasteiger partial charge in [0.25, 0.3) is 11.8 Å². The highest BCUT2D eigenvalue weighted by Crippen LogP contribution is 2.36. The summed E-state index contributed by atoms with van der Waals surface area (Å²) in [4.78, 5) is 39.0. The second-order valence-corrected chi connectivity index (χ2v) is 9.89. The van der Waals surface area contributed by atoms with Crippen molar-refractivity contribution < 1.29 is 14.3 Å². The number of nitrogens with one attached hydrogen (secondary N) is 2. The van der Waals surface area contributed by atoms with E-state index in [0.29, 0.717) is 40.9 Å². The molecule has 200 valence electrons. The van der Waals surface area contributed by atoms with Crippen LogP contribution in [-0.2, 0) is 4.79 Å². The van der Waals surface area contributed by atoms with E-state index in [0.717, 1.165) is 32.4 Å². The smallest absolute Gasteiger partial charge is 0.251 e. The van der Waals surface area contributed by atoms with Gasteiger partial charge in [-0.2, -0.15) is 4.98 Å². The number of piperidine rings is 1. The highest BCUT2D eigenvalue weighted by Gasteiger charge is 2.39. The molecule has 1 atom stereocenters. The molecule has 0 saturated carbocycles. The van der Waals surface area contributed by atoms with Crippen LogP contribution < -0.4 is 25.3 Å². The van der Waals surface area contributed by atoms with Crippen molar-refractivity contribution in [2.24, 2.45) is 0 Å². The van der Waals surface area contributed by atoms with Crippen LogP contribution >= 0.6 is 0 Å². The van der Waals surface area contributed by atoms with Gasteiger partial charge in [-0.25, -0.2) is 9.99 Å². The fourth-order valence-corrected chi connectivity index (χ4v) is 4.89. The van der Waals surface area contributed by atoms with Crippen molar-refractivity contribution in [1.29, 1.82) is 0 Å². The van der Waals surface area contributed by atoms with Gasteiger partial charge in [-0.15, -0.1) is 0 Å². The number of nitrogens with zero attached hydrogens (tertiary/aromatic N) is 6. The normalized spacial score (nSPS) is 18.7. The van der Waals surface area contributed by atoms with Gasteiger partial charge >= 0.3 is 0 Å². The molecule has 2 aliphatic heterocycles. The van der Waals surface area contributed by atoms with Crippen LogP contribution in [-0.4, -0.2) is 92.2 Å². The largest absolute Gasteiger partial charge is 0.495 e. The van der Waals surface area contributed by atoms with E-state index < -0.39 is 0 Å². The Kier molecular flexibility index (Phi) is 8.13. The number of hydrogen-bond donors (Lipinski definition) is 2. The molecule has 0 radical (unpaired) electrons. The lowest BCUT2D eigenvalue weighted by atomic mass is 10.0. The number of benzene rings is 1. The summed E-state index contributed by atoms with van der Waals surface area (Å²) in [6.07, 6.45) is 5.12.